The van der Waals surface area contributed by atoms with E-state index in [0.29, 0.717) is 0 Å². The fourth-order valence-corrected chi connectivity index (χ4v) is 1.55. The molecule has 0 aliphatic carbocycles. The van der Waals surface area contributed by atoms with E-state index in [0.717, 1.165) is 18.2 Å². The van der Waals surface area contributed by atoms with E-state index in [1.165, 1.54) is 0 Å². The maximum absolute atomic E-state index is 13.4. The molecule has 0 N–H and O–H groups in total. The summed E-state index contributed by atoms with van der Waals surface area (Å²) in [5, 5.41) is 10.7. The maximum atomic E-state index is 13.4. The minimum atomic E-state index is -1.94. The molecule has 0 bridgehead atoms. The van der Waals surface area contributed by atoms with Crippen LogP contribution in [0, 0.1) is 33.6 Å². The topological polar surface area (TPSA) is 65.3 Å². The van der Waals surface area contributed by atoms with Gasteiger partial charge in [0, 0.05) is 11.1 Å². The molecule has 0 amide bonds. The largest absolute Gasteiger partial charge is 0.444 e. The molecule has 5 nitrogen and oxygen atoms in total. The average molecular weight is 323 g/mol. The highest BCUT2D eigenvalue weighted by atomic mass is 35.5. The van der Waals surface area contributed by atoms with Crippen LogP contribution >= 0.6 is 11.6 Å². The van der Waals surface area contributed by atoms with Crippen LogP contribution in [0.1, 0.15) is 0 Å². The number of ether oxygens (including phenoxy) is 1. The fourth-order valence-electron chi connectivity index (χ4n) is 1.39. The first-order valence-corrected chi connectivity index (χ1v) is 5.51. The minimum Gasteiger partial charge on any atom is -0.444 e. The molecule has 0 spiro atoms. The molecule has 0 fully saturated rings. The monoisotopic (exact) mass is 322 g/mol. The smallest absolute Gasteiger partial charge is 0.313 e. The van der Waals surface area contributed by atoms with E-state index in [-0.39, 0.29) is 5.02 Å². The van der Waals surface area contributed by atoms with Crippen molar-refractivity contribution in [2.24, 2.45) is 0 Å². The number of hydrogen-bond acceptors (Lipinski definition) is 4. The van der Waals surface area contributed by atoms with Crippen LogP contribution < -0.4 is 4.74 Å². The van der Waals surface area contributed by atoms with Gasteiger partial charge in [0.2, 0.25) is 23.1 Å². The summed E-state index contributed by atoms with van der Waals surface area (Å²) in [6, 6.07) is 2.91. The Morgan fingerprint density at radius 3 is 2.24 bits per heavy atom. The van der Waals surface area contributed by atoms with E-state index in [1.54, 1.807) is 0 Å². The summed E-state index contributed by atoms with van der Waals surface area (Å²) in [7, 11) is 0. The second-order valence-electron chi connectivity index (χ2n) is 3.62. The van der Waals surface area contributed by atoms with Crippen LogP contribution in [0.5, 0.6) is 11.5 Å². The van der Waals surface area contributed by atoms with Gasteiger partial charge in [-0.05, 0) is 12.1 Å². The van der Waals surface area contributed by atoms with Crippen LogP contribution in [-0.2, 0) is 0 Å². The molecule has 21 heavy (non-hydrogen) atoms. The van der Waals surface area contributed by atoms with E-state index in [1.807, 2.05) is 0 Å². The predicted octanol–water partition coefficient (Wildman–Crippen LogP) is 3.99. The Labute approximate surface area is 118 Å². The Morgan fingerprint density at radius 1 is 1.14 bits per heavy atom. The van der Waals surface area contributed by atoms with Crippen LogP contribution in [0.4, 0.5) is 23.2 Å². The molecular weight excluding hydrogens is 320 g/mol. The summed E-state index contributed by atoms with van der Waals surface area (Å²) in [5.74, 6) is -9.85. The summed E-state index contributed by atoms with van der Waals surface area (Å²) < 4.78 is 57.2. The Bertz CT molecular complexity index is 716. The van der Waals surface area contributed by atoms with Gasteiger partial charge in [-0.15, -0.1) is 0 Å². The van der Waals surface area contributed by atoms with Crippen molar-refractivity contribution in [3.05, 3.63) is 56.9 Å². The molecule has 1 aromatic heterocycles. The van der Waals surface area contributed by atoms with Crippen molar-refractivity contribution in [2.45, 2.75) is 0 Å². The number of pyridine rings is 1. The Hall–Kier alpha value is -2.42. The van der Waals surface area contributed by atoms with E-state index in [9.17, 15) is 27.7 Å². The standard InChI is InChI=1S/C11H3ClF4N2O3/c12-4-1-2-6(5(3-4)18(19)20)21-9-7(13)10(15)17-11(16)8(9)14/h1-3H. The first-order valence-electron chi connectivity index (χ1n) is 5.13. The molecule has 0 radical (unpaired) electrons. The summed E-state index contributed by atoms with van der Waals surface area (Å²) >= 11 is 5.54. The third-order valence-corrected chi connectivity index (χ3v) is 2.52. The molecule has 2 rings (SSSR count). The lowest BCUT2D eigenvalue weighted by Gasteiger charge is -2.08. The van der Waals surface area contributed by atoms with Gasteiger partial charge >= 0.3 is 5.69 Å². The lowest BCUT2D eigenvalue weighted by atomic mass is 10.3. The molecule has 1 heterocycles. The zero-order valence-electron chi connectivity index (χ0n) is 9.74. The van der Waals surface area contributed by atoms with Crippen LogP contribution in [0.3, 0.4) is 0 Å². The van der Waals surface area contributed by atoms with Gasteiger partial charge in [0.1, 0.15) is 0 Å². The molecule has 0 saturated heterocycles. The highest BCUT2D eigenvalue weighted by molar-refractivity contribution is 6.30. The molecule has 0 unspecified atom stereocenters. The van der Waals surface area contributed by atoms with Crippen molar-refractivity contribution >= 4 is 17.3 Å². The average Bonchev–Trinajstić information content (AvgIpc) is 2.42. The van der Waals surface area contributed by atoms with E-state index >= 15 is 0 Å². The number of benzene rings is 1. The highest BCUT2D eigenvalue weighted by Crippen LogP contribution is 2.36. The number of nitro benzene ring substituents is 1. The first-order chi connectivity index (χ1) is 9.81. The maximum Gasteiger partial charge on any atom is 0.313 e. The van der Waals surface area contributed by atoms with Crippen LogP contribution in [0.15, 0.2) is 18.2 Å². The number of nitro groups is 1. The van der Waals surface area contributed by atoms with Gasteiger partial charge < -0.3 is 4.74 Å². The molecule has 1 aromatic carbocycles. The molecule has 0 saturated carbocycles. The summed E-state index contributed by atoms with van der Waals surface area (Å²) in [4.78, 5) is 12.2. The first kappa shape index (κ1) is 15.0. The van der Waals surface area contributed by atoms with Crippen LogP contribution in [-0.4, -0.2) is 9.91 Å². The molecule has 2 aromatic rings. The summed E-state index contributed by atoms with van der Waals surface area (Å²) in [5.41, 5.74) is -0.737. The third-order valence-electron chi connectivity index (χ3n) is 2.29. The van der Waals surface area contributed by atoms with Gasteiger partial charge in [-0.2, -0.15) is 22.5 Å². The zero-order chi connectivity index (χ0) is 15.7. The second-order valence-corrected chi connectivity index (χ2v) is 4.06. The lowest BCUT2D eigenvalue weighted by molar-refractivity contribution is -0.385. The molecule has 10 heteroatoms. The molecule has 0 atom stereocenters. The molecule has 110 valence electrons. The molecular formula is C11H3ClF4N2O3. The number of halogens is 5. The Balaban J connectivity index is 2.56. The quantitative estimate of drug-likeness (QED) is 0.371. The SMILES string of the molecule is O=[N+]([O-])c1cc(Cl)ccc1Oc1c(F)c(F)nc(F)c1F. The number of hydrogen-bond donors (Lipinski definition) is 0. The number of aromatic nitrogens is 1. The highest BCUT2D eigenvalue weighted by Gasteiger charge is 2.25. The van der Waals surface area contributed by atoms with Gasteiger partial charge in [0.15, 0.2) is 0 Å². The number of nitrogens with zero attached hydrogens (tertiary/aromatic N) is 2. The van der Waals surface area contributed by atoms with Gasteiger partial charge in [-0.25, -0.2) is 0 Å². The molecule has 0 aliphatic rings. The third kappa shape index (κ3) is 2.87. The second kappa shape index (κ2) is 5.52. The van der Waals surface area contributed by atoms with Gasteiger partial charge in [0.25, 0.3) is 11.9 Å². The van der Waals surface area contributed by atoms with Gasteiger partial charge in [0.05, 0.1) is 4.92 Å². The predicted molar refractivity (Wildman–Crippen MR) is 62.2 cm³/mol. The Morgan fingerprint density at radius 2 is 1.71 bits per heavy atom. The van der Waals surface area contributed by atoms with E-state index < -0.39 is 45.6 Å². The van der Waals surface area contributed by atoms with Crippen LogP contribution in [0.2, 0.25) is 5.02 Å². The normalized spacial score (nSPS) is 10.5. The van der Waals surface area contributed by atoms with Crippen molar-refractivity contribution in [1.82, 2.24) is 4.98 Å². The number of rotatable bonds is 3. The fraction of sp³-hybridized carbons (Fsp3) is 0. The van der Waals surface area contributed by atoms with Gasteiger partial charge in [-0.3, -0.25) is 10.1 Å². The van der Waals surface area contributed by atoms with E-state index in [4.69, 9.17) is 11.6 Å². The van der Waals surface area contributed by atoms with Crippen molar-refractivity contribution < 1.29 is 27.2 Å². The summed E-state index contributed by atoms with van der Waals surface area (Å²) in [6.07, 6.45) is 0. The minimum absolute atomic E-state index is 0.0397. The van der Waals surface area contributed by atoms with Crippen molar-refractivity contribution in [2.75, 3.05) is 0 Å². The molecule has 0 aliphatic heterocycles. The Kier molecular flexibility index (Phi) is 3.94. The van der Waals surface area contributed by atoms with Crippen LogP contribution in [0.25, 0.3) is 0 Å². The zero-order valence-corrected chi connectivity index (χ0v) is 10.5. The lowest BCUT2D eigenvalue weighted by Crippen LogP contribution is -2.04. The van der Waals surface area contributed by atoms with E-state index in [2.05, 4.69) is 9.72 Å². The van der Waals surface area contributed by atoms with Gasteiger partial charge in [-0.1, -0.05) is 11.6 Å². The van der Waals surface area contributed by atoms with Crippen molar-refractivity contribution in [3.8, 4) is 11.5 Å². The van der Waals surface area contributed by atoms with Crippen molar-refractivity contribution in [3.63, 3.8) is 0 Å². The summed E-state index contributed by atoms with van der Waals surface area (Å²) in [6.45, 7) is 0. The van der Waals surface area contributed by atoms with Crippen molar-refractivity contribution in [1.29, 1.82) is 0 Å².